The van der Waals surface area contributed by atoms with Crippen molar-refractivity contribution in [3.63, 3.8) is 0 Å². The summed E-state index contributed by atoms with van der Waals surface area (Å²) in [6.45, 7) is 6.23. The predicted octanol–water partition coefficient (Wildman–Crippen LogP) is 4.32. The Bertz CT molecular complexity index is 827. The van der Waals surface area contributed by atoms with Gasteiger partial charge in [-0.1, -0.05) is 46.1 Å². The summed E-state index contributed by atoms with van der Waals surface area (Å²) in [6, 6.07) is 0. The van der Waals surface area contributed by atoms with Crippen molar-refractivity contribution in [3.8, 4) is 0 Å². The van der Waals surface area contributed by atoms with Gasteiger partial charge in [0.15, 0.2) is 20.6 Å². The summed E-state index contributed by atoms with van der Waals surface area (Å²) in [7, 11) is 0. The molecular formula is C13H14Cl3N7S. The standard InChI is InChI=1S/C9H11ClN4S.C4H3Cl2N3/c1-9(2,3)14-8-13-5-6(10)11-4-12-7(5)15-8;5-3-2(7)4(6)9-1-8-3/h4H,1-3H3,(H,13,14);1H,7H2. The zero-order valence-electron chi connectivity index (χ0n) is 13.0. The highest BCUT2D eigenvalue weighted by Gasteiger charge is 2.14. The molecule has 0 aliphatic heterocycles. The van der Waals surface area contributed by atoms with Gasteiger partial charge in [0.1, 0.15) is 28.7 Å². The van der Waals surface area contributed by atoms with E-state index in [9.17, 15) is 0 Å². The van der Waals surface area contributed by atoms with Crippen LogP contribution in [0.5, 0.6) is 0 Å². The van der Waals surface area contributed by atoms with Crippen LogP contribution in [-0.2, 0) is 0 Å². The molecular weight excluding hydrogens is 393 g/mol. The van der Waals surface area contributed by atoms with E-state index in [4.69, 9.17) is 40.5 Å². The highest BCUT2D eigenvalue weighted by molar-refractivity contribution is 7.21. The number of nitrogen functional groups attached to an aromatic ring is 1. The predicted molar refractivity (Wildman–Crippen MR) is 100 cm³/mol. The average molecular weight is 407 g/mol. The molecule has 0 bridgehead atoms. The number of nitrogens with zero attached hydrogens (tertiary/aromatic N) is 5. The summed E-state index contributed by atoms with van der Waals surface area (Å²) in [5.41, 5.74) is 6.16. The first kappa shape index (κ1) is 18.9. The van der Waals surface area contributed by atoms with Gasteiger partial charge in [-0.15, -0.1) is 0 Å². The van der Waals surface area contributed by atoms with Gasteiger partial charge in [-0.25, -0.2) is 24.9 Å². The highest BCUT2D eigenvalue weighted by atomic mass is 35.5. The fourth-order valence-corrected chi connectivity index (χ4v) is 3.02. The molecule has 3 rings (SSSR count). The maximum atomic E-state index is 5.91. The van der Waals surface area contributed by atoms with Crippen molar-refractivity contribution < 1.29 is 0 Å². The van der Waals surface area contributed by atoms with Crippen LogP contribution >= 0.6 is 46.1 Å². The number of halogens is 3. The molecule has 0 saturated carbocycles. The topological polar surface area (TPSA) is 102 Å². The van der Waals surface area contributed by atoms with Gasteiger partial charge in [0.25, 0.3) is 0 Å². The summed E-state index contributed by atoms with van der Waals surface area (Å²) in [5, 5.41) is 4.88. The lowest BCUT2D eigenvalue weighted by Crippen LogP contribution is -2.25. The van der Waals surface area contributed by atoms with E-state index in [0.29, 0.717) is 10.7 Å². The molecule has 0 spiro atoms. The maximum absolute atomic E-state index is 5.91. The van der Waals surface area contributed by atoms with Crippen LogP contribution in [0.25, 0.3) is 10.3 Å². The van der Waals surface area contributed by atoms with E-state index >= 15 is 0 Å². The lowest BCUT2D eigenvalue weighted by Gasteiger charge is -2.19. The normalized spacial score (nSPS) is 11.1. The SMILES string of the molecule is CC(C)(C)Nc1nc2c(Cl)ncnc2s1.Nc1c(Cl)ncnc1Cl. The molecule has 0 radical (unpaired) electrons. The van der Waals surface area contributed by atoms with Crippen LogP contribution in [0.3, 0.4) is 0 Å². The Balaban J connectivity index is 0.000000198. The van der Waals surface area contributed by atoms with Crippen LogP contribution in [0.4, 0.5) is 10.8 Å². The molecule has 0 fully saturated rings. The van der Waals surface area contributed by atoms with Gasteiger partial charge >= 0.3 is 0 Å². The molecule has 3 aromatic rings. The van der Waals surface area contributed by atoms with Crippen molar-refractivity contribution >= 4 is 67.3 Å². The van der Waals surface area contributed by atoms with Crippen LogP contribution in [0.1, 0.15) is 20.8 Å². The molecule has 0 aliphatic carbocycles. The smallest absolute Gasteiger partial charge is 0.185 e. The lowest BCUT2D eigenvalue weighted by molar-refractivity contribution is 0.633. The largest absolute Gasteiger partial charge is 0.394 e. The summed E-state index contributed by atoms with van der Waals surface area (Å²) >= 11 is 18.3. The monoisotopic (exact) mass is 405 g/mol. The summed E-state index contributed by atoms with van der Waals surface area (Å²) in [5.74, 6) is 0. The van der Waals surface area contributed by atoms with Gasteiger partial charge < -0.3 is 11.1 Å². The molecule has 0 aliphatic rings. The minimum Gasteiger partial charge on any atom is -0.394 e. The number of anilines is 2. The van der Waals surface area contributed by atoms with E-state index in [0.717, 1.165) is 9.96 Å². The van der Waals surface area contributed by atoms with Crippen molar-refractivity contribution in [3.05, 3.63) is 28.1 Å². The number of fused-ring (bicyclic) bond motifs is 1. The Morgan fingerprint density at radius 2 is 1.50 bits per heavy atom. The van der Waals surface area contributed by atoms with Crippen LogP contribution < -0.4 is 11.1 Å². The number of hydrogen-bond acceptors (Lipinski definition) is 8. The maximum Gasteiger partial charge on any atom is 0.185 e. The Morgan fingerprint density at radius 1 is 0.958 bits per heavy atom. The third kappa shape index (κ3) is 5.01. The minimum absolute atomic E-state index is 0.0201. The Kier molecular flexibility index (Phi) is 5.97. The quantitative estimate of drug-likeness (QED) is 0.580. The first-order valence-corrected chi connectivity index (χ1v) is 8.59. The average Bonchev–Trinajstić information content (AvgIpc) is 2.87. The van der Waals surface area contributed by atoms with Crippen LogP contribution in [-0.4, -0.2) is 30.5 Å². The zero-order valence-corrected chi connectivity index (χ0v) is 16.1. The lowest BCUT2D eigenvalue weighted by atomic mass is 10.1. The first-order chi connectivity index (χ1) is 11.2. The molecule has 0 aromatic carbocycles. The van der Waals surface area contributed by atoms with E-state index in [1.165, 1.54) is 24.0 Å². The van der Waals surface area contributed by atoms with Crippen molar-refractivity contribution in [2.24, 2.45) is 0 Å². The third-order valence-corrected chi connectivity index (χ3v) is 4.18. The van der Waals surface area contributed by atoms with Gasteiger partial charge in [0, 0.05) is 5.54 Å². The first-order valence-electron chi connectivity index (χ1n) is 6.64. The molecule has 24 heavy (non-hydrogen) atoms. The molecule has 0 saturated heterocycles. The van der Waals surface area contributed by atoms with E-state index < -0.39 is 0 Å². The molecule has 0 amide bonds. The van der Waals surface area contributed by atoms with Gasteiger partial charge in [-0.2, -0.15) is 0 Å². The number of hydrogen-bond donors (Lipinski definition) is 2. The van der Waals surface area contributed by atoms with E-state index in [1.54, 1.807) is 0 Å². The van der Waals surface area contributed by atoms with Crippen molar-refractivity contribution in [1.29, 1.82) is 0 Å². The number of nitrogens with two attached hydrogens (primary N) is 1. The third-order valence-electron chi connectivity index (χ3n) is 2.42. The summed E-state index contributed by atoms with van der Waals surface area (Å²) in [4.78, 5) is 20.3. The molecule has 0 atom stereocenters. The van der Waals surface area contributed by atoms with E-state index in [1.807, 2.05) is 0 Å². The second-order valence-corrected chi connectivity index (χ2v) is 7.63. The number of rotatable bonds is 1. The number of nitrogens with one attached hydrogen (secondary N) is 1. The fourth-order valence-electron chi connectivity index (χ4n) is 1.46. The fraction of sp³-hybridized carbons (Fsp3) is 0.308. The van der Waals surface area contributed by atoms with Gasteiger partial charge in [0.2, 0.25) is 0 Å². The van der Waals surface area contributed by atoms with Crippen LogP contribution in [0.2, 0.25) is 15.5 Å². The van der Waals surface area contributed by atoms with Gasteiger partial charge in [-0.3, -0.25) is 0 Å². The van der Waals surface area contributed by atoms with Crippen molar-refractivity contribution in [1.82, 2.24) is 24.9 Å². The molecule has 3 aromatic heterocycles. The van der Waals surface area contributed by atoms with E-state index in [-0.39, 0.29) is 21.5 Å². The minimum atomic E-state index is -0.0201. The molecule has 3 N–H and O–H groups in total. The second kappa shape index (κ2) is 7.60. The zero-order chi connectivity index (χ0) is 17.9. The van der Waals surface area contributed by atoms with Crippen LogP contribution in [0, 0.1) is 0 Å². The number of thiazole rings is 1. The highest BCUT2D eigenvalue weighted by Crippen LogP contribution is 2.29. The Labute approximate surface area is 157 Å². The van der Waals surface area contributed by atoms with Crippen molar-refractivity contribution in [2.45, 2.75) is 26.3 Å². The van der Waals surface area contributed by atoms with Gasteiger partial charge in [0.05, 0.1) is 0 Å². The molecule has 128 valence electrons. The Hall–Kier alpha value is -1.48. The Morgan fingerprint density at radius 3 is 2.00 bits per heavy atom. The molecule has 3 heterocycles. The molecule has 7 nitrogen and oxygen atoms in total. The van der Waals surface area contributed by atoms with Gasteiger partial charge in [-0.05, 0) is 20.8 Å². The van der Waals surface area contributed by atoms with Crippen LogP contribution in [0.15, 0.2) is 12.7 Å². The second-order valence-electron chi connectivity index (χ2n) is 5.58. The van der Waals surface area contributed by atoms with Crippen molar-refractivity contribution in [2.75, 3.05) is 11.1 Å². The summed E-state index contributed by atoms with van der Waals surface area (Å²) < 4.78 is 0. The molecule has 11 heteroatoms. The summed E-state index contributed by atoms with van der Waals surface area (Å²) in [6.07, 6.45) is 2.70. The molecule has 0 unspecified atom stereocenters. The van der Waals surface area contributed by atoms with E-state index in [2.05, 4.69) is 51.0 Å². The number of aromatic nitrogens is 5.